The van der Waals surface area contributed by atoms with Gasteiger partial charge in [-0.1, -0.05) is 10.3 Å². The summed E-state index contributed by atoms with van der Waals surface area (Å²) in [4.78, 5) is 41.5. The Hall–Kier alpha value is -2.94. The van der Waals surface area contributed by atoms with Crippen molar-refractivity contribution in [2.24, 2.45) is 11.8 Å². The van der Waals surface area contributed by atoms with E-state index < -0.39 is 42.1 Å². The topological polar surface area (TPSA) is 111 Å². The molecule has 23 heavy (non-hydrogen) atoms. The molecular weight excluding hydrogens is 306 g/mol. The van der Waals surface area contributed by atoms with Crippen LogP contribution in [0.1, 0.15) is 12.8 Å². The van der Waals surface area contributed by atoms with Crippen LogP contribution in [0.5, 0.6) is 0 Å². The fourth-order valence-corrected chi connectivity index (χ4v) is 3.68. The first kappa shape index (κ1) is 15.0. The molecule has 3 rings (SSSR count). The van der Waals surface area contributed by atoms with E-state index in [-0.39, 0.29) is 17.8 Å². The number of nitrogens with zero attached hydrogens (tertiary/aromatic N) is 2. The molecule has 5 unspecified atom stereocenters. The first-order chi connectivity index (χ1) is 10.9. The highest BCUT2D eigenvalue weighted by atomic mass is 16.6. The summed E-state index contributed by atoms with van der Waals surface area (Å²) in [5.41, 5.74) is -0.842. The highest BCUT2D eigenvalue weighted by molar-refractivity contribution is 6.38. The number of hydrogen-bond donors (Lipinski definition) is 1. The molecule has 2 bridgehead atoms. The van der Waals surface area contributed by atoms with Crippen LogP contribution in [-0.4, -0.2) is 48.1 Å². The van der Waals surface area contributed by atoms with Gasteiger partial charge in [0.05, 0.1) is 5.92 Å². The number of amidine groups is 1. The lowest BCUT2D eigenvalue weighted by Crippen LogP contribution is -2.45. The van der Waals surface area contributed by atoms with Crippen LogP contribution >= 0.6 is 0 Å². The molecule has 0 aromatic carbocycles. The molecule has 118 valence electrons. The molecule has 0 radical (unpaired) electrons. The molecule has 1 saturated heterocycles. The molecule has 1 heterocycles. The molecule has 3 fully saturated rings. The Balaban J connectivity index is 1.64. The van der Waals surface area contributed by atoms with Gasteiger partial charge in [-0.15, -0.1) is 4.85 Å². The summed E-state index contributed by atoms with van der Waals surface area (Å²) < 4.78 is 15.1. The summed E-state index contributed by atoms with van der Waals surface area (Å²) in [7, 11) is 0. The van der Waals surface area contributed by atoms with Crippen molar-refractivity contribution in [2.75, 3.05) is 6.61 Å². The van der Waals surface area contributed by atoms with Crippen molar-refractivity contribution in [1.82, 2.24) is 0 Å². The zero-order valence-electron chi connectivity index (χ0n) is 11.9. The fourth-order valence-electron chi connectivity index (χ4n) is 3.68. The normalized spacial score (nSPS) is 35.8. The molecular formula is C14H13N3O6+2. The van der Waals surface area contributed by atoms with E-state index in [1.54, 1.807) is 0 Å². The van der Waals surface area contributed by atoms with Gasteiger partial charge in [-0.3, -0.25) is 4.79 Å². The van der Waals surface area contributed by atoms with Crippen LogP contribution in [0.25, 0.3) is 9.69 Å². The van der Waals surface area contributed by atoms with Crippen LogP contribution < -0.4 is 0 Å². The number of ether oxygens (including phenoxy) is 3. The van der Waals surface area contributed by atoms with Crippen LogP contribution in [0, 0.1) is 30.4 Å². The van der Waals surface area contributed by atoms with Crippen LogP contribution in [0.3, 0.4) is 0 Å². The Morgan fingerprint density at radius 3 is 2.78 bits per heavy atom. The third-order valence-corrected chi connectivity index (χ3v) is 4.64. The van der Waals surface area contributed by atoms with Gasteiger partial charge in [-0.05, 0) is 0 Å². The Kier molecular flexibility index (Phi) is 3.29. The molecule has 0 amide bonds. The van der Waals surface area contributed by atoms with E-state index in [1.165, 1.54) is 0 Å². The van der Waals surface area contributed by atoms with Gasteiger partial charge in [0, 0.05) is 18.8 Å². The number of fused-ring (bicyclic) bond motifs is 1. The van der Waals surface area contributed by atoms with Gasteiger partial charge >= 0.3 is 29.3 Å². The van der Waals surface area contributed by atoms with E-state index in [1.807, 2.05) is 0 Å². The Morgan fingerprint density at radius 1 is 1.39 bits per heavy atom. The Morgan fingerprint density at radius 2 is 2.13 bits per heavy atom. The summed E-state index contributed by atoms with van der Waals surface area (Å²) in [6.45, 7) is 9.51. The minimum absolute atomic E-state index is 0.0700. The number of carbonyl (C=O) groups is 3. The number of carbonyl (C=O) groups excluding carboxylic acids is 3. The summed E-state index contributed by atoms with van der Waals surface area (Å²) >= 11 is 0. The van der Waals surface area contributed by atoms with Gasteiger partial charge in [-0.25, -0.2) is 9.59 Å². The summed E-state index contributed by atoms with van der Waals surface area (Å²) in [6.07, 6.45) is -0.493. The standard InChI is InChI=1S/C14H13N3O6/c1-16-11(15)13(20)21-5-8(18)22-10-9-6-3-14(10,17-2)4-7(6)12(19)23-9/h1-2,6-7,9-10,15H,3-5H2/q+2. The lowest BCUT2D eigenvalue weighted by Gasteiger charge is -2.24. The molecule has 9 nitrogen and oxygen atoms in total. The summed E-state index contributed by atoms with van der Waals surface area (Å²) in [5.74, 6) is -3.48. The fraction of sp³-hybridized carbons (Fsp3) is 0.571. The minimum atomic E-state index is -1.15. The first-order valence-corrected chi connectivity index (χ1v) is 6.90. The van der Waals surface area contributed by atoms with Gasteiger partial charge in [0.1, 0.15) is 6.57 Å². The van der Waals surface area contributed by atoms with E-state index in [4.69, 9.17) is 28.0 Å². The van der Waals surface area contributed by atoms with Crippen LogP contribution in [0.4, 0.5) is 0 Å². The molecule has 2 aliphatic carbocycles. The molecule has 0 spiro atoms. The van der Waals surface area contributed by atoms with Gasteiger partial charge in [0.25, 0.3) is 6.57 Å². The number of rotatable bonds is 3. The van der Waals surface area contributed by atoms with Crippen molar-refractivity contribution in [1.29, 1.82) is 5.41 Å². The van der Waals surface area contributed by atoms with Crippen LogP contribution in [0.15, 0.2) is 0 Å². The van der Waals surface area contributed by atoms with Crippen LogP contribution in [-0.2, 0) is 28.6 Å². The maximum Gasteiger partial charge on any atom is 0.502 e. The smallest absolute Gasteiger partial charge is 0.457 e. The van der Waals surface area contributed by atoms with Gasteiger partial charge < -0.3 is 14.2 Å². The first-order valence-electron chi connectivity index (χ1n) is 6.90. The Labute approximate surface area is 130 Å². The molecule has 1 N–H and O–H groups in total. The van der Waals surface area contributed by atoms with Gasteiger partial charge in [0.2, 0.25) is 6.10 Å². The maximum atomic E-state index is 11.9. The monoisotopic (exact) mass is 319 g/mol. The third-order valence-electron chi connectivity index (χ3n) is 4.64. The second kappa shape index (κ2) is 5.06. The number of hydrogen-bond acceptors (Lipinski definition) is 7. The predicted octanol–water partition coefficient (Wildman–Crippen LogP) is 0.0481. The van der Waals surface area contributed by atoms with Crippen molar-refractivity contribution in [2.45, 2.75) is 30.6 Å². The van der Waals surface area contributed by atoms with Crippen molar-refractivity contribution in [3.8, 4) is 13.1 Å². The lowest BCUT2D eigenvalue weighted by atomic mass is 9.84. The van der Waals surface area contributed by atoms with Crippen LogP contribution in [0.2, 0.25) is 0 Å². The largest absolute Gasteiger partial charge is 0.502 e. The molecule has 0 aromatic heterocycles. The molecule has 3 aliphatic rings. The zero-order chi connectivity index (χ0) is 16.8. The molecule has 1 aliphatic heterocycles. The Bertz CT molecular complexity index is 704. The zero-order valence-corrected chi connectivity index (χ0v) is 11.9. The average molecular weight is 319 g/mol. The van der Waals surface area contributed by atoms with E-state index in [0.717, 1.165) is 0 Å². The number of nitrogens with one attached hydrogen (secondary N) is 1. The SMILES string of the molecule is C#[N+]C(=N)C(=O)OCC(=O)OC1C2OC(=O)C3CC1([N+]#C)CC32. The second-order valence-electron chi connectivity index (χ2n) is 5.78. The van der Waals surface area contributed by atoms with Crippen molar-refractivity contribution in [3.05, 3.63) is 9.69 Å². The predicted molar refractivity (Wildman–Crippen MR) is 74.0 cm³/mol. The summed E-state index contributed by atoms with van der Waals surface area (Å²) in [6, 6.07) is 0. The van der Waals surface area contributed by atoms with Gasteiger partial charge in [0.15, 0.2) is 12.7 Å². The van der Waals surface area contributed by atoms with Gasteiger partial charge in [-0.2, -0.15) is 0 Å². The summed E-state index contributed by atoms with van der Waals surface area (Å²) in [5, 5.41) is 7.02. The lowest BCUT2D eigenvalue weighted by molar-refractivity contribution is -0.168. The molecule has 5 atom stereocenters. The average Bonchev–Trinajstić information content (AvgIpc) is 3.13. The molecule has 9 heteroatoms. The van der Waals surface area contributed by atoms with Crippen molar-refractivity contribution >= 4 is 23.7 Å². The maximum absolute atomic E-state index is 11.9. The second-order valence-corrected chi connectivity index (χ2v) is 5.78. The molecule has 2 saturated carbocycles. The van der Waals surface area contributed by atoms with E-state index in [0.29, 0.717) is 12.8 Å². The highest BCUT2D eigenvalue weighted by Gasteiger charge is 2.77. The van der Waals surface area contributed by atoms with Crippen molar-refractivity contribution < 1.29 is 28.6 Å². The minimum Gasteiger partial charge on any atom is -0.457 e. The third kappa shape index (κ3) is 2.13. The molecule has 0 aromatic rings. The van der Waals surface area contributed by atoms with Crippen molar-refractivity contribution in [3.63, 3.8) is 0 Å². The van der Waals surface area contributed by atoms with E-state index >= 15 is 0 Å². The number of esters is 3. The van der Waals surface area contributed by atoms with E-state index in [2.05, 4.69) is 14.4 Å². The van der Waals surface area contributed by atoms with E-state index in [9.17, 15) is 14.4 Å². The quantitative estimate of drug-likeness (QED) is 0.340. The highest BCUT2D eigenvalue weighted by Crippen LogP contribution is 2.59.